The van der Waals surface area contributed by atoms with Gasteiger partial charge in [-0.05, 0) is 50.6 Å². The van der Waals surface area contributed by atoms with E-state index < -0.39 is 10.0 Å². The smallest absolute Gasteiger partial charge is 0.261 e. The zero-order valence-electron chi connectivity index (χ0n) is 14.3. The third-order valence-corrected chi connectivity index (χ3v) is 5.58. The van der Waals surface area contributed by atoms with Gasteiger partial charge >= 0.3 is 0 Å². The maximum atomic E-state index is 12.5. The van der Waals surface area contributed by atoms with Gasteiger partial charge in [0.1, 0.15) is 0 Å². The minimum atomic E-state index is -3.73. The van der Waals surface area contributed by atoms with Crippen molar-refractivity contribution in [1.82, 2.24) is 5.32 Å². The van der Waals surface area contributed by atoms with Gasteiger partial charge in [0.15, 0.2) is 0 Å². The zero-order valence-corrected chi connectivity index (χ0v) is 15.9. The Balaban J connectivity index is 2.29. The van der Waals surface area contributed by atoms with E-state index in [4.69, 9.17) is 11.6 Å². The van der Waals surface area contributed by atoms with Crippen LogP contribution < -0.4 is 10.0 Å². The van der Waals surface area contributed by atoms with E-state index in [0.717, 1.165) is 6.42 Å². The van der Waals surface area contributed by atoms with Crippen LogP contribution in [0.25, 0.3) is 0 Å². The molecule has 2 rings (SSSR count). The molecule has 0 heterocycles. The Morgan fingerprint density at radius 1 is 1.12 bits per heavy atom. The third kappa shape index (κ3) is 4.96. The average molecular weight is 381 g/mol. The number of hydrogen-bond acceptors (Lipinski definition) is 3. The summed E-state index contributed by atoms with van der Waals surface area (Å²) in [4.78, 5) is 12.6. The summed E-state index contributed by atoms with van der Waals surface area (Å²) in [6, 6.07) is 12.5. The minimum Gasteiger partial charge on any atom is -0.347 e. The van der Waals surface area contributed by atoms with Crippen LogP contribution in [0.1, 0.15) is 37.6 Å². The lowest BCUT2D eigenvalue weighted by Gasteiger charge is -2.24. The van der Waals surface area contributed by atoms with Gasteiger partial charge in [0.2, 0.25) is 0 Å². The van der Waals surface area contributed by atoms with E-state index in [1.807, 2.05) is 20.8 Å². The van der Waals surface area contributed by atoms with E-state index >= 15 is 0 Å². The van der Waals surface area contributed by atoms with E-state index in [2.05, 4.69) is 10.0 Å². The molecule has 0 atom stereocenters. The first kappa shape index (κ1) is 19.3. The SMILES string of the molecule is CCC(C)(C)NC(=O)c1cc(NS(=O)(=O)c2ccccc2)ccc1Cl. The molecular weight excluding hydrogens is 360 g/mol. The molecule has 0 saturated heterocycles. The molecule has 0 aromatic heterocycles. The van der Waals surface area contributed by atoms with Crippen molar-refractivity contribution in [3.63, 3.8) is 0 Å². The molecule has 0 aliphatic rings. The molecule has 0 fully saturated rings. The number of carbonyl (C=O) groups excluding carboxylic acids is 1. The van der Waals surface area contributed by atoms with Crippen molar-refractivity contribution < 1.29 is 13.2 Å². The fourth-order valence-corrected chi connectivity index (χ4v) is 3.31. The molecule has 0 bridgehead atoms. The number of sulfonamides is 1. The second-order valence-electron chi connectivity index (χ2n) is 6.30. The highest BCUT2D eigenvalue weighted by atomic mass is 35.5. The molecule has 25 heavy (non-hydrogen) atoms. The Bertz CT molecular complexity index is 865. The van der Waals surface area contributed by atoms with Gasteiger partial charge < -0.3 is 5.32 Å². The second-order valence-corrected chi connectivity index (χ2v) is 8.39. The Kier molecular flexibility index (Phi) is 5.75. The van der Waals surface area contributed by atoms with E-state index in [1.54, 1.807) is 18.2 Å². The highest BCUT2D eigenvalue weighted by Gasteiger charge is 2.21. The van der Waals surface area contributed by atoms with Crippen molar-refractivity contribution in [3.05, 3.63) is 59.1 Å². The molecular formula is C18H21ClN2O3S. The predicted molar refractivity (Wildman–Crippen MR) is 101 cm³/mol. The van der Waals surface area contributed by atoms with Crippen molar-refractivity contribution in [3.8, 4) is 0 Å². The topological polar surface area (TPSA) is 75.3 Å². The van der Waals surface area contributed by atoms with E-state index in [1.165, 1.54) is 30.3 Å². The van der Waals surface area contributed by atoms with Crippen molar-refractivity contribution in [1.29, 1.82) is 0 Å². The lowest BCUT2D eigenvalue weighted by atomic mass is 10.0. The quantitative estimate of drug-likeness (QED) is 0.793. The molecule has 0 saturated carbocycles. The molecule has 2 aromatic rings. The van der Waals surface area contributed by atoms with Crippen molar-refractivity contribution in [2.75, 3.05) is 4.72 Å². The summed E-state index contributed by atoms with van der Waals surface area (Å²) in [6.45, 7) is 5.77. The van der Waals surface area contributed by atoms with Crippen molar-refractivity contribution in [2.24, 2.45) is 0 Å². The zero-order chi connectivity index (χ0) is 18.7. The van der Waals surface area contributed by atoms with Gasteiger partial charge in [-0.15, -0.1) is 0 Å². The average Bonchev–Trinajstić information content (AvgIpc) is 2.57. The van der Waals surface area contributed by atoms with Crippen LogP contribution in [0.4, 0.5) is 5.69 Å². The Hall–Kier alpha value is -2.05. The molecule has 1 amide bonds. The maximum Gasteiger partial charge on any atom is 0.261 e. The molecule has 0 radical (unpaired) electrons. The minimum absolute atomic E-state index is 0.142. The number of halogens is 1. The van der Waals surface area contributed by atoms with Crippen LogP contribution in [0.2, 0.25) is 5.02 Å². The van der Waals surface area contributed by atoms with Crippen molar-refractivity contribution in [2.45, 2.75) is 37.6 Å². The van der Waals surface area contributed by atoms with Crippen molar-refractivity contribution >= 4 is 33.2 Å². The molecule has 0 unspecified atom stereocenters. The summed E-state index contributed by atoms with van der Waals surface area (Å²) in [5, 5.41) is 3.14. The summed E-state index contributed by atoms with van der Waals surface area (Å²) in [5.74, 6) is -0.349. The second kappa shape index (κ2) is 7.45. The third-order valence-electron chi connectivity index (χ3n) is 3.85. The molecule has 7 heteroatoms. The Morgan fingerprint density at radius 2 is 1.76 bits per heavy atom. The molecule has 0 spiro atoms. The Morgan fingerprint density at radius 3 is 2.36 bits per heavy atom. The van der Waals surface area contributed by atoms with Gasteiger partial charge in [-0.2, -0.15) is 0 Å². The number of carbonyl (C=O) groups is 1. The number of hydrogen-bond donors (Lipinski definition) is 2. The van der Waals surface area contributed by atoms with Gasteiger partial charge in [-0.25, -0.2) is 8.42 Å². The molecule has 5 nitrogen and oxygen atoms in total. The fraction of sp³-hybridized carbons (Fsp3) is 0.278. The molecule has 2 N–H and O–H groups in total. The molecule has 2 aromatic carbocycles. The summed E-state index contributed by atoms with van der Waals surface area (Å²) >= 11 is 6.11. The van der Waals surface area contributed by atoms with Gasteiger partial charge in [0.05, 0.1) is 15.5 Å². The van der Waals surface area contributed by atoms with Crippen LogP contribution in [0, 0.1) is 0 Å². The summed E-state index contributed by atoms with van der Waals surface area (Å²) in [6.07, 6.45) is 0.747. The molecule has 134 valence electrons. The first-order valence-electron chi connectivity index (χ1n) is 7.84. The van der Waals surface area contributed by atoms with Crippen LogP contribution in [0.3, 0.4) is 0 Å². The normalized spacial score (nSPS) is 11.8. The lowest BCUT2D eigenvalue weighted by molar-refractivity contribution is 0.0911. The first-order valence-corrected chi connectivity index (χ1v) is 9.71. The number of nitrogens with one attached hydrogen (secondary N) is 2. The van der Waals surface area contributed by atoms with E-state index in [9.17, 15) is 13.2 Å². The van der Waals surface area contributed by atoms with Crippen LogP contribution in [-0.4, -0.2) is 19.9 Å². The summed E-state index contributed by atoms with van der Waals surface area (Å²) in [5.41, 5.74) is 0.101. The van der Waals surface area contributed by atoms with Crippen LogP contribution >= 0.6 is 11.6 Å². The number of rotatable bonds is 6. The Labute approximate surface area is 153 Å². The molecule has 0 aliphatic carbocycles. The predicted octanol–water partition coefficient (Wildman–Crippen LogP) is 4.06. The van der Waals surface area contributed by atoms with Crippen LogP contribution in [-0.2, 0) is 10.0 Å². The number of benzene rings is 2. The standard InChI is InChI=1S/C18H21ClN2O3S/c1-4-18(2,3)20-17(22)15-12-13(10-11-16(15)19)21-25(23,24)14-8-6-5-7-9-14/h5-12,21H,4H2,1-3H3,(H,20,22). The van der Waals surface area contributed by atoms with Gasteiger partial charge in [-0.3, -0.25) is 9.52 Å². The lowest BCUT2D eigenvalue weighted by Crippen LogP contribution is -2.42. The van der Waals surface area contributed by atoms with E-state index in [0.29, 0.717) is 0 Å². The maximum absolute atomic E-state index is 12.5. The van der Waals surface area contributed by atoms with Crippen LogP contribution in [0.5, 0.6) is 0 Å². The monoisotopic (exact) mass is 380 g/mol. The molecule has 0 aliphatic heterocycles. The number of amides is 1. The highest BCUT2D eigenvalue weighted by molar-refractivity contribution is 7.92. The summed E-state index contributed by atoms with van der Waals surface area (Å²) < 4.78 is 27.3. The van der Waals surface area contributed by atoms with E-state index in [-0.39, 0.29) is 32.6 Å². The van der Waals surface area contributed by atoms with Gasteiger partial charge in [-0.1, -0.05) is 36.7 Å². The highest BCUT2D eigenvalue weighted by Crippen LogP contribution is 2.24. The van der Waals surface area contributed by atoms with Crippen LogP contribution in [0.15, 0.2) is 53.4 Å². The largest absolute Gasteiger partial charge is 0.347 e. The van der Waals surface area contributed by atoms with Gasteiger partial charge in [0, 0.05) is 11.2 Å². The summed E-state index contributed by atoms with van der Waals surface area (Å²) in [7, 11) is -3.73. The first-order chi connectivity index (χ1) is 11.6. The van der Waals surface area contributed by atoms with Gasteiger partial charge in [0.25, 0.3) is 15.9 Å². The number of anilines is 1. The fourth-order valence-electron chi connectivity index (χ4n) is 2.04.